The van der Waals surface area contributed by atoms with Gasteiger partial charge in [-0.05, 0) is 139 Å². The first-order valence-electron chi connectivity index (χ1n) is 23.5. The van der Waals surface area contributed by atoms with Crippen molar-refractivity contribution < 1.29 is 38.6 Å². The highest BCUT2D eigenvalue weighted by molar-refractivity contribution is 6.48. The number of hydrogen-bond donors (Lipinski definition) is 2. The summed E-state index contributed by atoms with van der Waals surface area (Å²) in [7, 11) is 8.95. The lowest BCUT2D eigenvalue weighted by molar-refractivity contribution is -0.115. The summed E-state index contributed by atoms with van der Waals surface area (Å²) < 4.78 is 0. The summed E-state index contributed by atoms with van der Waals surface area (Å²) in [5, 5.41) is 30.1. The van der Waals surface area contributed by atoms with Crippen molar-refractivity contribution in [1.82, 2.24) is 10.6 Å². The van der Waals surface area contributed by atoms with Crippen LogP contribution in [0.1, 0.15) is 116 Å². The molecular formula is C56H70N8O8. The van der Waals surface area contributed by atoms with Gasteiger partial charge < -0.3 is 39.7 Å². The Kier molecular flexibility index (Phi) is 22.2. The summed E-state index contributed by atoms with van der Waals surface area (Å²) in [4.78, 5) is 56.4. The molecule has 2 aromatic rings. The van der Waals surface area contributed by atoms with E-state index in [2.05, 4.69) is 100 Å². The normalized spacial score (nSPS) is 16.4. The molecule has 0 fully saturated rings. The third-order valence-electron chi connectivity index (χ3n) is 12.6. The molecule has 72 heavy (non-hydrogen) atoms. The van der Waals surface area contributed by atoms with Gasteiger partial charge in [-0.3, -0.25) is 9.59 Å². The molecule has 0 bridgehead atoms. The monoisotopic (exact) mass is 983 g/mol. The largest absolute Gasteiger partial charge is 0.399 e. The van der Waals surface area contributed by atoms with Crippen LogP contribution in [0.15, 0.2) is 141 Å². The molecule has 0 aliphatic heterocycles. The fourth-order valence-corrected chi connectivity index (χ4v) is 7.99. The fourth-order valence-electron chi connectivity index (χ4n) is 7.99. The SMILES string of the molecule is C#Cc1ccc(C(=N\OC)/C(C)=N/OCC2=C(/C(=N\OC)C(=O)NC)CC(C)=C(C)C2)cc1.CNC(=O)/C(=N/OC)C1=C(CO/N=C(C)/C(=N/OC)c2ccc(C3=CCC(C)=C(C)C3)cc2)CC(C)=C(C)C1. The molecular weight excluding hydrogens is 913 g/mol. The Morgan fingerprint density at radius 3 is 1.28 bits per heavy atom. The lowest BCUT2D eigenvalue weighted by atomic mass is 9.85. The molecule has 16 nitrogen and oxygen atoms in total. The van der Waals surface area contributed by atoms with Gasteiger partial charge in [-0.25, -0.2) is 0 Å². The van der Waals surface area contributed by atoms with Crippen molar-refractivity contribution in [2.75, 3.05) is 55.7 Å². The first kappa shape index (κ1) is 56.8. The second-order valence-corrected chi connectivity index (χ2v) is 17.5. The molecule has 382 valence electrons. The summed E-state index contributed by atoms with van der Waals surface area (Å²) in [5.74, 6) is 1.96. The lowest BCUT2D eigenvalue weighted by Gasteiger charge is -2.22. The van der Waals surface area contributed by atoms with E-state index in [4.69, 9.17) is 35.4 Å². The Labute approximate surface area is 425 Å². The quantitative estimate of drug-likeness (QED) is 0.0602. The third kappa shape index (κ3) is 15.3. The first-order valence-corrected chi connectivity index (χ1v) is 23.5. The average molecular weight is 983 g/mol. The molecule has 2 aromatic carbocycles. The molecule has 2 N–H and O–H groups in total. The van der Waals surface area contributed by atoms with Gasteiger partial charge >= 0.3 is 0 Å². The third-order valence-corrected chi connectivity index (χ3v) is 12.6. The van der Waals surface area contributed by atoms with Gasteiger partial charge in [0.25, 0.3) is 11.8 Å². The summed E-state index contributed by atoms with van der Waals surface area (Å²) >= 11 is 0. The van der Waals surface area contributed by atoms with Crippen molar-refractivity contribution >= 4 is 51.7 Å². The Bertz CT molecular complexity index is 2750. The van der Waals surface area contributed by atoms with Gasteiger partial charge in [0.2, 0.25) is 0 Å². The summed E-state index contributed by atoms with van der Waals surface area (Å²) in [5.41, 5.74) is 18.9. The maximum atomic E-state index is 12.5. The number of nitrogens with one attached hydrogen (secondary N) is 2. The molecule has 0 heterocycles. The standard InChI is InChI=1S/C31H40N4O4.C25H30N4O4/c1-19-9-10-26(15-20(19)2)24-11-13-25(14-12-24)29(34-37-7)23(5)33-39-18-27-16-21(3)22(4)17-28(27)30(35-38-8)31(36)32-6;1-8-19-9-11-20(12-10-19)23(28-31-6)18(4)27-33-15-21-13-16(2)17(3)14-22(21)24(29-32-7)25(30)26-5/h10-14H,9,15-18H2,1-8H3,(H,32,36);1,9-12H,13-15H2,2-7H3,(H,26,30)/b33-23+,34-29-,35-30+;27-18+,28-23-,29-24+. The van der Waals surface area contributed by atoms with Crippen molar-refractivity contribution in [3.8, 4) is 12.3 Å². The van der Waals surface area contributed by atoms with Crippen molar-refractivity contribution in [3.63, 3.8) is 0 Å². The van der Waals surface area contributed by atoms with Crippen LogP contribution in [-0.4, -0.2) is 102 Å². The highest BCUT2D eigenvalue weighted by atomic mass is 16.6. The van der Waals surface area contributed by atoms with E-state index in [0.29, 0.717) is 48.5 Å². The molecule has 0 aromatic heterocycles. The van der Waals surface area contributed by atoms with E-state index in [1.807, 2.05) is 50.2 Å². The number of amides is 2. The Morgan fingerprint density at radius 2 is 0.903 bits per heavy atom. The van der Waals surface area contributed by atoms with Crippen LogP contribution in [0.2, 0.25) is 0 Å². The summed E-state index contributed by atoms with van der Waals surface area (Å²) in [6, 6.07) is 15.6. The molecule has 0 radical (unpaired) electrons. The highest BCUT2D eigenvalue weighted by Crippen LogP contribution is 2.33. The van der Waals surface area contributed by atoms with Crippen molar-refractivity contribution in [3.05, 3.63) is 133 Å². The minimum absolute atomic E-state index is 0.188. The molecule has 0 saturated heterocycles. The number of hydrogen-bond acceptors (Lipinski definition) is 14. The van der Waals surface area contributed by atoms with Gasteiger partial charge in [0.15, 0.2) is 11.4 Å². The number of carbonyl (C=O) groups excluding carboxylic acids is 2. The van der Waals surface area contributed by atoms with E-state index < -0.39 is 0 Å². The molecule has 0 saturated carbocycles. The number of carbonyl (C=O) groups is 2. The molecule has 0 unspecified atom stereocenters. The van der Waals surface area contributed by atoms with E-state index in [0.717, 1.165) is 51.8 Å². The molecule has 3 aliphatic carbocycles. The van der Waals surface area contributed by atoms with Crippen LogP contribution in [0, 0.1) is 12.3 Å². The minimum atomic E-state index is -0.318. The topological polar surface area (TPSA) is 188 Å². The van der Waals surface area contributed by atoms with Crippen LogP contribution < -0.4 is 10.6 Å². The predicted octanol–water partition coefficient (Wildman–Crippen LogP) is 9.70. The van der Waals surface area contributed by atoms with Crippen molar-refractivity contribution in [2.45, 2.75) is 93.9 Å². The predicted molar refractivity (Wildman–Crippen MR) is 288 cm³/mol. The number of nitrogens with zero attached hydrogens (tertiary/aromatic N) is 6. The molecule has 2 amide bonds. The maximum absolute atomic E-state index is 12.5. The van der Waals surface area contributed by atoms with Gasteiger partial charge in [-0.2, -0.15) is 0 Å². The smallest absolute Gasteiger partial charge is 0.273 e. The van der Waals surface area contributed by atoms with E-state index in [1.165, 1.54) is 73.0 Å². The van der Waals surface area contributed by atoms with Gasteiger partial charge in [0.1, 0.15) is 64.5 Å². The lowest BCUT2D eigenvalue weighted by Crippen LogP contribution is -2.31. The number of terminal acetylenes is 1. The minimum Gasteiger partial charge on any atom is -0.399 e. The van der Waals surface area contributed by atoms with E-state index >= 15 is 0 Å². The molecule has 3 aliphatic rings. The molecule has 16 heteroatoms. The van der Waals surface area contributed by atoms with Crippen LogP contribution >= 0.6 is 0 Å². The summed E-state index contributed by atoms with van der Waals surface area (Å²) in [6.45, 7) is 16.7. The van der Waals surface area contributed by atoms with Crippen LogP contribution in [0.25, 0.3) is 5.57 Å². The molecule has 0 spiro atoms. The van der Waals surface area contributed by atoms with E-state index in [-0.39, 0.29) is 36.5 Å². The Balaban J connectivity index is 0.000000317. The van der Waals surface area contributed by atoms with Crippen molar-refractivity contribution in [1.29, 1.82) is 0 Å². The zero-order chi connectivity index (χ0) is 52.9. The number of rotatable bonds is 19. The van der Waals surface area contributed by atoms with Gasteiger partial charge in [-0.1, -0.05) is 113 Å². The Morgan fingerprint density at radius 1 is 0.528 bits per heavy atom. The average Bonchev–Trinajstić information content (AvgIpc) is 3.38. The van der Waals surface area contributed by atoms with E-state index in [1.54, 1.807) is 21.0 Å². The number of allylic oxidation sites excluding steroid dienone is 8. The zero-order valence-corrected chi connectivity index (χ0v) is 44.4. The van der Waals surface area contributed by atoms with Crippen molar-refractivity contribution in [2.24, 2.45) is 30.9 Å². The van der Waals surface area contributed by atoms with E-state index in [9.17, 15) is 9.59 Å². The van der Waals surface area contributed by atoms with Crippen LogP contribution in [0.5, 0.6) is 0 Å². The number of oxime groups is 6. The maximum Gasteiger partial charge on any atom is 0.273 e. The molecule has 5 rings (SSSR count). The number of benzene rings is 2. The van der Waals surface area contributed by atoms with Gasteiger partial charge in [0.05, 0.1) is 0 Å². The summed E-state index contributed by atoms with van der Waals surface area (Å²) in [6.07, 6.45) is 12.2. The van der Waals surface area contributed by atoms with Crippen LogP contribution in [0.3, 0.4) is 0 Å². The van der Waals surface area contributed by atoms with Crippen LogP contribution in [0.4, 0.5) is 0 Å². The first-order chi connectivity index (χ1) is 34.5. The fraction of sp³-hybridized carbons (Fsp3) is 0.393. The van der Waals surface area contributed by atoms with Gasteiger partial charge in [-0.15, -0.1) is 6.42 Å². The molecule has 0 atom stereocenters. The van der Waals surface area contributed by atoms with Gasteiger partial charge in [0, 0.05) is 30.8 Å². The highest BCUT2D eigenvalue weighted by Gasteiger charge is 2.27. The second-order valence-electron chi connectivity index (χ2n) is 17.5. The Hall–Kier alpha value is -7.80. The van der Waals surface area contributed by atoms with Crippen LogP contribution in [-0.2, 0) is 38.6 Å². The second kappa shape index (κ2) is 28.1. The zero-order valence-electron chi connectivity index (χ0n) is 44.4.